The Labute approximate surface area is 121 Å². The standard InChI is InChI=1S/C13H19BrN4O/c1-2-3-18-12(10(14)8-15-18)13(19)11-9-16-4-6-17(11)7-5-16/h8,11H,2-7,9H2,1H3. The first-order chi connectivity index (χ1) is 9.20. The van der Waals surface area contributed by atoms with Crippen LogP contribution in [0.3, 0.4) is 0 Å². The van der Waals surface area contributed by atoms with Gasteiger partial charge in [-0.2, -0.15) is 5.10 Å². The van der Waals surface area contributed by atoms with E-state index < -0.39 is 0 Å². The summed E-state index contributed by atoms with van der Waals surface area (Å²) in [6.07, 6.45) is 2.72. The van der Waals surface area contributed by atoms with Gasteiger partial charge in [0.05, 0.1) is 16.7 Å². The van der Waals surface area contributed by atoms with Gasteiger partial charge in [0.1, 0.15) is 5.69 Å². The molecule has 4 heterocycles. The zero-order chi connectivity index (χ0) is 13.4. The van der Waals surface area contributed by atoms with Gasteiger partial charge in [-0.05, 0) is 22.4 Å². The highest BCUT2D eigenvalue weighted by Crippen LogP contribution is 2.24. The monoisotopic (exact) mass is 326 g/mol. The van der Waals surface area contributed by atoms with Crippen molar-refractivity contribution in [2.24, 2.45) is 0 Å². The minimum absolute atomic E-state index is 0.00565. The molecule has 0 aliphatic carbocycles. The lowest BCUT2D eigenvalue weighted by molar-refractivity contribution is 0.0153. The number of carbonyl (C=O) groups excluding carboxylic acids is 1. The Kier molecular flexibility index (Phi) is 3.73. The highest BCUT2D eigenvalue weighted by atomic mass is 79.9. The lowest BCUT2D eigenvalue weighted by Gasteiger charge is -2.46. The first kappa shape index (κ1) is 13.3. The molecule has 3 saturated heterocycles. The van der Waals surface area contributed by atoms with E-state index in [1.54, 1.807) is 6.20 Å². The van der Waals surface area contributed by atoms with Crippen molar-refractivity contribution in [2.75, 3.05) is 32.7 Å². The topological polar surface area (TPSA) is 41.4 Å². The van der Waals surface area contributed by atoms with Gasteiger partial charge in [-0.15, -0.1) is 0 Å². The van der Waals surface area contributed by atoms with Crippen molar-refractivity contribution >= 4 is 21.7 Å². The van der Waals surface area contributed by atoms with Gasteiger partial charge < -0.3 is 0 Å². The van der Waals surface area contributed by atoms with Gasteiger partial charge in [-0.3, -0.25) is 19.3 Å². The third-order valence-corrected chi connectivity index (χ3v) is 4.63. The second-order valence-corrected chi connectivity index (χ2v) is 6.14. The molecule has 0 aromatic carbocycles. The van der Waals surface area contributed by atoms with Crippen LogP contribution in [-0.2, 0) is 6.54 Å². The van der Waals surface area contributed by atoms with Crippen LogP contribution in [0.1, 0.15) is 23.8 Å². The van der Waals surface area contributed by atoms with Crippen LogP contribution in [-0.4, -0.2) is 64.1 Å². The number of fused-ring (bicyclic) bond motifs is 3. The van der Waals surface area contributed by atoms with Gasteiger partial charge in [0.15, 0.2) is 5.78 Å². The predicted octanol–water partition coefficient (Wildman–Crippen LogP) is 1.24. The van der Waals surface area contributed by atoms with E-state index in [1.165, 1.54) is 0 Å². The number of carbonyl (C=O) groups is 1. The number of piperazine rings is 3. The summed E-state index contributed by atoms with van der Waals surface area (Å²) >= 11 is 3.47. The van der Waals surface area contributed by atoms with Crippen molar-refractivity contribution in [3.63, 3.8) is 0 Å². The molecule has 0 N–H and O–H groups in total. The third-order valence-electron chi connectivity index (χ3n) is 4.05. The Morgan fingerprint density at radius 3 is 2.74 bits per heavy atom. The van der Waals surface area contributed by atoms with Gasteiger partial charge in [-0.1, -0.05) is 6.92 Å². The Bertz CT molecular complexity index is 479. The summed E-state index contributed by atoms with van der Waals surface area (Å²) in [6, 6.07) is 0.00565. The fourth-order valence-corrected chi connectivity index (χ4v) is 3.50. The lowest BCUT2D eigenvalue weighted by Crippen LogP contribution is -2.63. The first-order valence-corrected chi connectivity index (χ1v) is 7.72. The van der Waals surface area contributed by atoms with E-state index in [9.17, 15) is 4.79 Å². The second kappa shape index (κ2) is 5.34. The smallest absolute Gasteiger partial charge is 0.200 e. The predicted molar refractivity (Wildman–Crippen MR) is 76.3 cm³/mol. The highest BCUT2D eigenvalue weighted by Gasteiger charge is 2.38. The fourth-order valence-electron chi connectivity index (χ4n) is 3.01. The third kappa shape index (κ3) is 2.37. The number of hydrogen-bond donors (Lipinski definition) is 0. The molecule has 3 aliphatic rings. The Hall–Kier alpha value is -0.720. The number of nitrogens with zero attached hydrogens (tertiary/aromatic N) is 4. The minimum atomic E-state index is 0.00565. The van der Waals surface area contributed by atoms with E-state index >= 15 is 0 Å². The molecule has 6 heteroatoms. The molecular weight excluding hydrogens is 308 g/mol. The summed E-state index contributed by atoms with van der Waals surface area (Å²) in [4.78, 5) is 17.5. The molecule has 2 bridgehead atoms. The zero-order valence-electron chi connectivity index (χ0n) is 11.2. The summed E-state index contributed by atoms with van der Waals surface area (Å²) < 4.78 is 2.66. The summed E-state index contributed by atoms with van der Waals surface area (Å²) in [6.45, 7) is 7.97. The molecule has 1 aromatic heterocycles. The average Bonchev–Trinajstić information content (AvgIpc) is 2.81. The van der Waals surface area contributed by atoms with E-state index in [0.29, 0.717) is 0 Å². The van der Waals surface area contributed by atoms with Crippen LogP contribution in [0, 0.1) is 0 Å². The van der Waals surface area contributed by atoms with E-state index in [4.69, 9.17) is 0 Å². The van der Waals surface area contributed by atoms with Crippen LogP contribution >= 0.6 is 15.9 Å². The largest absolute Gasteiger partial charge is 0.299 e. The van der Waals surface area contributed by atoms with Gasteiger partial charge in [0, 0.05) is 39.3 Å². The van der Waals surface area contributed by atoms with Crippen molar-refractivity contribution in [3.8, 4) is 0 Å². The minimum Gasteiger partial charge on any atom is -0.299 e. The normalized spacial score (nSPS) is 29.7. The molecule has 1 aromatic rings. The molecule has 5 nitrogen and oxygen atoms in total. The number of aryl methyl sites for hydroxylation is 1. The van der Waals surface area contributed by atoms with Crippen LogP contribution in [0.25, 0.3) is 0 Å². The maximum absolute atomic E-state index is 12.8. The molecule has 4 rings (SSSR count). The number of ketones is 1. The van der Waals surface area contributed by atoms with Gasteiger partial charge in [0.25, 0.3) is 0 Å². The molecule has 0 radical (unpaired) electrons. The first-order valence-electron chi connectivity index (χ1n) is 6.92. The van der Waals surface area contributed by atoms with Gasteiger partial charge in [-0.25, -0.2) is 0 Å². The number of halogens is 1. The zero-order valence-corrected chi connectivity index (χ0v) is 12.8. The molecule has 0 amide bonds. The number of rotatable bonds is 4. The Balaban J connectivity index is 1.85. The molecule has 3 fully saturated rings. The number of Topliss-reactive ketones (excluding diaryl/α,β-unsaturated/α-hetero) is 1. The van der Waals surface area contributed by atoms with Crippen molar-refractivity contribution in [1.82, 2.24) is 19.6 Å². The van der Waals surface area contributed by atoms with Crippen LogP contribution in [0.5, 0.6) is 0 Å². The quantitative estimate of drug-likeness (QED) is 0.781. The van der Waals surface area contributed by atoms with Gasteiger partial charge >= 0.3 is 0 Å². The summed E-state index contributed by atoms with van der Waals surface area (Å²) in [5, 5.41) is 4.30. The molecular formula is C13H19BrN4O. The molecule has 1 atom stereocenters. The van der Waals surface area contributed by atoms with Crippen molar-refractivity contribution < 1.29 is 4.79 Å². The Morgan fingerprint density at radius 1 is 1.42 bits per heavy atom. The average molecular weight is 327 g/mol. The molecule has 19 heavy (non-hydrogen) atoms. The van der Waals surface area contributed by atoms with Crippen LogP contribution in [0.4, 0.5) is 0 Å². The molecule has 0 saturated carbocycles. The summed E-state index contributed by atoms with van der Waals surface area (Å²) in [7, 11) is 0. The lowest BCUT2D eigenvalue weighted by atomic mass is 10.0. The van der Waals surface area contributed by atoms with E-state index in [1.807, 2.05) is 4.68 Å². The highest BCUT2D eigenvalue weighted by molar-refractivity contribution is 9.10. The Morgan fingerprint density at radius 2 is 2.16 bits per heavy atom. The second-order valence-electron chi connectivity index (χ2n) is 5.28. The van der Waals surface area contributed by atoms with Crippen LogP contribution in [0.2, 0.25) is 0 Å². The SMILES string of the molecule is CCCn1ncc(Br)c1C(=O)C1CN2CCN1CC2. The summed E-state index contributed by atoms with van der Waals surface area (Å²) in [5.74, 6) is 0.210. The van der Waals surface area contributed by atoms with Crippen molar-refractivity contribution in [3.05, 3.63) is 16.4 Å². The van der Waals surface area contributed by atoms with E-state index in [-0.39, 0.29) is 11.8 Å². The molecule has 3 aliphatic heterocycles. The molecule has 104 valence electrons. The molecule has 0 spiro atoms. The summed E-state index contributed by atoms with van der Waals surface area (Å²) in [5.41, 5.74) is 0.737. The van der Waals surface area contributed by atoms with Gasteiger partial charge in [0.2, 0.25) is 0 Å². The van der Waals surface area contributed by atoms with Crippen LogP contribution < -0.4 is 0 Å². The van der Waals surface area contributed by atoms with Crippen molar-refractivity contribution in [1.29, 1.82) is 0 Å². The number of aromatic nitrogens is 2. The van der Waals surface area contributed by atoms with E-state index in [2.05, 4.69) is 37.8 Å². The van der Waals surface area contributed by atoms with Crippen LogP contribution in [0.15, 0.2) is 10.7 Å². The maximum atomic E-state index is 12.8. The fraction of sp³-hybridized carbons (Fsp3) is 0.692. The number of hydrogen-bond acceptors (Lipinski definition) is 4. The molecule has 1 unspecified atom stereocenters. The van der Waals surface area contributed by atoms with E-state index in [0.717, 1.165) is 55.9 Å². The maximum Gasteiger partial charge on any atom is 0.200 e. The van der Waals surface area contributed by atoms with Crippen molar-refractivity contribution in [2.45, 2.75) is 25.9 Å².